The number of methoxy groups -OCH3 is 2. The van der Waals surface area contributed by atoms with E-state index in [4.69, 9.17) is 14.2 Å². The molecule has 6 heteroatoms. The van der Waals surface area contributed by atoms with Crippen molar-refractivity contribution in [1.82, 2.24) is 4.90 Å². The van der Waals surface area contributed by atoms with Crippen molar-refractivity contribution >= 4 is 17.9 Å². The van der Waals surface area contributed by atoms with Gasteiger partial charge in [0, 0.05) is 6.54 Å². The molecule has 0 saturated heterocycles. The summed E-state index contributed by atoms with van der Waals surface area (Å²) < 4.78 is 16.2. The number of carbonyl (C=O) groups is 1. The van der Waals surface area contributed by atoms with Crippen LogP contribution in [0.25, 0.3) is 12.2 Å². The summed E-state index contributed by atoms with van der Waals surface area (Å²) >= 11 is 0. The molecule has 0 spiro atoms. The maximum Gasteiger partial charge on any atom is 0.178 e. The number of hydrogen-bond donors (Lipinski definition) is 1. The van der Waals surface area contributed by atoms with Crippen molar-refractivity contribution in [3.63, 3.8) is 0 Å². The molecule has 29 heavy (non-hydrogen) atoms. The van der Waals surface area contributed by atoms with Gasteiger partial charge >= 0.3 is 0 Å². The maximum absolute atomic E-state index is 12.1. The van der Waals surface area contributed by atoms with E-state index in [-0.39, 0.29) is 11.5 Å². The molecule has 0 amide bonds. The third-order valence-corrected chi connectivity index (χ3v) is 4.07. The predicted molar refractivity (Wildman–Crippen MR) is 115 cm³/mol. The molecule has 0 aliphatic carbocycles. The van der Waals surface area contributed by atoms with Crippen LogP contribution in [-0.2, 0) is 4.79 Å². The molecule has 1 N–H and O–H groups in total. The molecule has 0 unspecified atom stereocenters. The molecule has 2 rings (SSSR count). The summed E-state index contributed by atoms with van der Waals surface area (Å²) in [6, 6.07) is 10.4. The molecule has 154 valence electrons. The van der Waals surface area contributed by atoms with E-state index in [0.29, 0.717) is 23.9 Å². The largest absolute Gasteiger partial charge is 0.504 e. The van der Waals surface area contributed by atoms with Crippen molar-refractivity contribution in [3.05, 3.63) is 59.7 Å². The second-order valence-electron chi connectivity index (χ2n) is 6.56. The Kier molecular flexibility index (Phi) is 8.30. The molecule has 2 aromatic rings. The Morgan fingerprint density at radius 2 is 1.52 bits per heavy atom. The van der Waals surface area contributed by atoms with Gasteiger partial charge in [0.25, 0.3) is 0 Å². The Morgan fingerprint density at radius 1 is 0.931 bits per heavy atom. The first-order valence-corrected chi connectivity index (χ1v) is 9.15. The molecule has 0 aliphatic rings. The topological polar surface area (TPSA) is 68.2 Å². The van der Waals surface area contributed by atoms with E-state index in [2.05, 4.69) is 0 Å². The number of phenolic OH excluding ortho intramolecular Hbond substituents is 1. The number of carbonyl (C=O) groups excluding carboxylic acids is 1. The first kappa shape index (κ1) is 22.0. The number of allylic oxidation sites excluding steroid dienone is 2. The Balaban J connectivity index is 2.02. The number of nitrogens with zero attached hydrogens (tertiary/aromatic N) is 1. The van der Waals surface area contributed by atoms with E-state index >= 15 is 0 Å². The Bertz CT molecular complexity index is 887. The van der Waals surface area contributed by atoms with Crippen molar-refractivity contribution in [3.8, 4) is 23.0 Å². The lowest BCUT2D eigenvalue weighted by molar-refractivity contribution is -0.110. The van der Waals surface area contributed by atoms with Gasteiger partial charge in [0.15, 0.2) is 28.8 Å². The third-order valence-electron chi connectivity index (χ3n) is 4.07. The molecule has 0 bridgehead atoms. The minimum Gasteiger partial charge on any atom is -0.504 e. The van der Waals surface area contributed by atoms with Crippen LogP contribution in [0, 0.1) is 0 Å². The first-order chi connectivity index (χ1) is 13.9. The van der Waals surface area contributed by atoms with Crippen LogP contribution >= 0.6 is 0 Å². The lowest BCUT2D eigenvalue weighted by Gasteiger charge is -2.13. The molecule has 0 saturated carbocycles. The number of hydrogen-bond acceptors (Lipinski definition) is 6. The summed E-state index contributed by atoms with van der Waals surface area (Å²) in [6.07, 6.45) is 6.32. The Labute approximate surface area is 171 Å². The van der Waals surface area contributed by atoms with Gasteiger partial charge < -0.3 is 24.2 Å². The fourth-order valence-electron chi connectivity index (χ4n) is 2.46. The van der Waals surface area contributed by atoms with Gasteiger partial charge in [-0.2, -0.15) is 0 Å². The van der Waals surface area contributed by atoms with Crippen LogP contribution in [0.2, 0.25) is 0 Å². The summed E-state index contributed by atoms with van der Waals surface area (Å²) in [5, 5.41) is 9.61. The molecule has 0 radical (unpaired) electrons. The van der Waals surface area contributed by atoms with E-state index in [1.807, 2.05) is 37.2 Å². The number of benzene rings is 2. The van der Waals surface area contributed by atoms with Crippen molar-refractivity contribution in [2.75, 3.05) is 41.5 Å². The van der Waals surface area contributed by atoms with Crippen molar-refractivity contribution in [2.45, 2.75) is 0 Å². The normalized spacial score (nSPS) is 11.3. The average molecular weight is 397 g/mol. The molecule has 0 fully saturated rings. The minimum atomic E-state index is -0.165. The lowest BCUT2D eigenvalue weighted by Crippen LogP contribution is -2.19. The van der Waals surface area contributed by atoms with Crippen LogP contribution in [0.5, 0.6) is 23.0 Å². The predicted octanol–water partition coefficient (Wildman–Crippen LogP) is 3.65. The van der Waals surface area contributed by atoms with Gasteiger partial charge in [-0.15, -0.1) is 0 Å². The quantitative estimate of drug-likeness (QED) is 0.618. The lowest BCUT2D eigenvalue weighted by atomic mass is 10.1. The highest BCUT2D eigenvalue weighted by Crippen LogP contribution is 2.29. The van der Waals surface area contributed by atoms with Crippen LogP contribution in [0.4, 0.5) is 0 Å². The van der Waals surface area contributed by atoms with E-state index in [1.165, 1.54) is 25.3 Å². The summed E-state index contributed by atoms with van der Waals surface area (Å²) in [6.45, 7) is 1.36. The number of likely N-dealkylation sites (N-methyl/N-ethyl adjacent to an activating group) is 1. The number of phenols is 1. The first-order valence-electron chi connectivity index (χ1n) is 9.15. The highest BCUT2D eigenvalue weighted by molar-refractivity contribution is 6.04. The van der Waals surface area contributed by atoms with Crippen LogP contribution in [0.1, 0.15) is 11.1 Å². The average Bonchev–Trinajstić information content (AvgIpc) is 2.71. The monoisotopic (exact) mass is 397 g/mol. The molecule has 6 nitrogen and oxygen atoms in total. The van der Waals surface area contributed by atoms with Crippen molar-refractivity contribution < 1.29 is 24.1 Å². The SMILES string of the molecule is COc1cc(/C=C/C(=O)/C=C/c2ccc(OCCN(C)C)c(OC)c2)ccc1O. The fraction of sp³-hybridized carbons (Fsp3) is 0.261. The molecular formula is C23H27NO5. The summed E-state index contributed by atoms with van der Waals surface area (Å²) in [4.78, 5) is 14.2. The van der Waals surface area contributed by atoms with Crippen LogP contribution < -0.4 is 14.2 Å². The van der Waals surface area contributed by atoms with Gasteiger partial charge in [-0.25, -0.2) is 0 Å². The van der Waals surface area contributed by atoms with Crippen molar-refractivity contribution in [1.29, 1.82) is 0 Å². The second kappa shape index (κ2) is 10.9. The van der Waals surface area contributed by atoms with Crippen LogP contribution in [0.3, 0.4) is 0 Å². The number of ether oxygens (including phenoxy) is 3. The molecular weight excluding hydrogens is 370 g/mol. The molecule has 0 aliphatic heterocycles. The highest BCUT2D eigenvalue weighted by Gasteiger charge is 2.05. The van der Waals surface area contributed by atoms with E-state index < -0.39 is 0 Å². The zero-order valence-corrected chi connectivity index (χ0v) is 17.2. The van der Waals surface area contributed by atoms with Gasteiger partial charge in [-0.05, 0) is 61.6 Å². The summed E-state index contributed by atoms with van der Waals surface area (Å²) in [5.74, 6) is 1.53. The zero-order valence-electron chi connectivity index (χ0n) is 17.2. The van der Waals surface area contributed by atoms with Gasteiger partial charge in [0.05, 0.1) is 14.2 Å². The van der Waals surface area contributed by atoms with Gasteiger partial charge in [-0.1, -0.05) is 24.3 Å². The fourth-order valence-corrected chi connectivity index (χ4v) is 2.46. The highest BCUT2D eigenvalue weighted by atomic mass is 16.5. The Hall–Kier alpha value is -3.25. The van der Waals surface area contributed by atoms with E-state index in [9.17, 15) is 9.90 Å². The molecule has 2 aromatic carbocycles. The summed E-state index contributed by atoms with van der Waals surface area (Å²) in [7, 11) is 7.03. The molecule has 0 atom stereocenters. The number of aromatic hydroxyl groups is 1. The van der Waals surface area contributed by atoms with Gasteiger partial charge in [0.2, 0.25) is 0 Å². The zero-order chi connectivity index (χ0) is 21.2. The van der Waals surface area contributed by atoms with Gasteiger partial charge in [-0.3, -0.25) is 4.79 Å². The van der Waals surface area contributed by atoms with E-state index in [0.717, 1.165) is 17.7 Å². The van der Waals surface area contributed by atoms with Crippen molar-refractivity contribution in [2.24, 2.45) is 0 Å². The number of rotatable bonds is 10. The number of ketones is 1. The molecule has 0 heterocycles. The van der Waals surface area contributed by atoms with Crippen LogP contribution in [0.15, 0.2) is 48.6 Å². The van der Waals surface area contributed by atoms with Crippen LogP contribution in [-0.4, -0.2) is 57.3 Å². The minimum absolute atomic E-state index is 0.0546. The molecule has 0 aromatic heterocycles. The standard InChI is InChI=1S/C23H27NO5/c1-24(2)13-14-29-21-12-8-18(16-23(21)28-4)6-10-19(25)9-5-17-7-11-20(26)22(15-17)27-3/h5-12,15-16,26H,13-14H2,1-4H3/b9-5+,10-6+. The summed E-state index contributed by atoms with van der Waals surface area (Å²) in [5.41, 5.74) is 1.58. The second-order valence-corrected chi connectivity index (χ2v) is 6.56. The van der Waals surface area contributed by atoms with E-state index in [1.54, 1.807) is 31.4 Å². The maximum atomic E-state index is 12.1. The Morgan fingerprint density at radius 3 is 2.10 bits per heavy atom. The third kappa shape index (κ3) is 7.01. The smallest absolute Gasteiger partial charge is 0.178 e. The van der Waals surface area contributed by atoms with Gasteiger partial charge in [0.1, 0.15) is 6.61 Å².